The van der Waals surface area contributed by atoms with E-state index in [2.05, 4.69) is 9.59 Å². The maximum atomic E-state index is 13.6. The number of hydrogen-bond donors (Lipinski definition) is 1. The first kappa shape index (κ1) is 14.0. The molecule has 0 aliphatic rings. The molecule has 3 nitrogen and oxygen atoms in total. The van der Waals surface area contributed by atoms with Crippen LogP contribution in [0.5, 0.6) is 0 Å². The van der Waals surface area contributed by atoms with E-state index in [-0.39, 0.29) is 12.0 Å². The highest BCUT2D eigenvalue weighted by atomic mass is 32.1. The lowest BCUT2D eigenvalue weighted by atomic mass is 10.0. The second-order valence-corrected chi connectivity index (χ2v) is 5.13. The van der Waals surface area contributed by atoms with E-state index in [0.29, 0.717) is 0 Å². The number of aromatic nitrogens is 2. The maximum absolute atomic E-state index is 13.6. The van der Waals surface area contributed by atoms with Gasteiger partial charge in [0.25, 0.3) is 0 Å². The summed E-state index contributed by atoms with van der Waals surface area (Å²) in [6.45, 7) is 2.03. The van der Waals surface area contributed by atoms with Crippen molar-refractivity contribution < 1.29 is 8.78 Å². The van der Waals surface area contributed by atoms with Gasteiger partial charge in [-0.05, 0) is 36.5 Å². The van der Waals surface area contributed by atoms with Crippen molar-refractivity contribution in [1.82, 2.24) is 9.59 Å². The van der Waals surface area contributed by atoms with Crippen LogP contribution in [-0.4, -0.2) is 9.59 Å². The molecule has 0 bridgehead atoms. The molecule has 1 heterocycles. The first-order valence-corrected chi connectivity index (χ1v) is 6.90. The van der Waals surface area contributed by atoms with E-state index in [9.17, 15) is 8.78 Å². The molecule has 19 heavy (non-hydrogen) atoms. The van der Waals surface area contributed by atoms with E-state index in [1.165, 1.54) is 29.7 Å². The lowest BCUT2D eigenvalue weighted by molar-refractivity contribution is 0.540. The van der Waals surface area contributed by atoms with Crippen LogP contribution in [0, 0.1) is 11.6 Å². The molecule has 2 aromatic rings. The average molecular weight is 283 g/mol. The minimum Gasteiger partial charge on any atom is -0.323 e. The molecule has 0 aliphatic heterocycles. The lowest BCUT2D eigenvalue weighted by Crippen LogP contribution is -2.15. The van der Waals surface area contributed by atoms with Gasteiger partial charge in [-0.25, -0.2) is 8.78 Å². The van der Waals surface area contributed by atoms with E-state index in [1.54, 1.807) is 0 Å². The molecule has 102 valence electrons. The van der Waals surface area contributed by atoms with Crippen LogP contribution in [0.1, 0.15) is 35.5 Å². The third-order valence-corrected chi connectivity index (χ3v) is 3.79. The molecule has 0 saturated carbocycles. The van der Waals surface area contributed by atoms with Gasteiger partial charge in [0, 0.05) is 11.6 Å². The number of halogens is 2. The van der Waals surface area contributed by atoms with Crippen LogP contribution in [0.15, 0.2) is 18.2 Å². The van der Waals surface area contributed by atoms with E-state index in [4.69, 9.17) is 5.73 Å². The van der Waals surface area contributed by atoms with E-state index < -0.39 is 17.7 Å². The van der Waals surface area contributed by atoms with Gasteiger partial charge in [-0.2, -0.15) is 0 Å². The summed E-state index contributed by atoms with van der Waals surface area (Å²) in [7, 11) is 0. The smallest absolute Gasteiger partial charge is 0.129 e. The number of rotatable bonds is 5. The molecule has 2 rings (SSSR count). The molecular weight excluding hydrogens is 268 g/mol. The zero-order valence-corrected chi connectivity index (χ0v) is 11.4. The van der Waals surface area contributed by atoms with Crippen molar-refractivity contribution in [3.8, 4) is 0 Å². The number of nitrogens with two attached hydrogens (primary N) is 1. The fraction of sp³-hybridized carbons (Fsp3) is 0.385. The molecule has 1 unspecified atom stereocenters. The molecule has 1 aromatic heterocycles. The van der Waals surface area contributed by atoms with Crippen LogP contribution in [0.3, 0.4) is 0 Å². The van der Waals surface area contributed by atoms with Crippen molar-refractivity contribution in [3.05, 3.63) is 46.0 Å². The van der Waals surface area contributed by atoms with E-state index in [1.807, 2.05) is 6.92 Å². The average Bonchev–Trinajstić information content (AvgIpc) is 2.83. The largest absolute Gasteiger partial charge is 0.323 e. The molecule has 0 saturated heterocycles. The van der Waals surface area contributed by atoms with Crippen molar-refractivity contribution >= 4 is 11.5 Å². The van der Waals surface area contributed by atoms with Gasteiger partial charge in [0.15, 0.2) is 0 Å². The van der Waals surface area contributed by atoms with Crippen LogP contribution < -0.4 is 5.73 Å². The topological polar surface area (TPSA) is 51.8 Å². The molecule has 0 spiro atoms. The van der Waals surface area contributed by atoms with Crippen molar-refractivity contribution in [2.45, 2.75) is 32.2 Å². The number of benzene rings is 1. The fourth-order valence-corrected chi connectivity index (χ4v) is 2.64. The summed E-state index contributed by atoms with van der Waals surface area (Å²) in [5, 5.41) is 4.01. The molecule has 1 atom stereocenters. The standard InChI is InChI=1S/C13H15F2N3S/c1-2-4-12-13(19-18-17-12)11(16)7-8-9(14)5-3-6-10(8)15/h3,5-6,11H,2,4,7,16H2,1H3. The minimum absolute atomic E-state index is 0.0193. The van der Waals surface area contributed by atoms with Crippen molar-refractivity contribution in [2.75, 3.05) is 0 Å². The number of aryl methyl sites for hydroxylation is 1. The summed E-state index contributed by atoms with van der Waals surface area (Å²) < 4.78 is 31.0. The highest BCUT2D eigenvalue weighted by molar-refractivity contribution is 7.05. The van der Waals surface area contributed by atoms with E-state index >= 15 is 0 Å². The summed E-state index contributed by atoms with van der Waals surface area (Å²) in [5.74, 6) is -1.13. The summed E-state index contributed by atoms with van der Waals surface area (Å²) in [6.07, 6.45) is 1.82. The molecule has 2 N–H and O–H groups in total. The Morgan fingerprint density at radius 3 is 2.63 bits per heavy atom. The maximum Gasteiger partial charge on any atom is 0.129 e. The number of nitrogens with zero attached hydrogens (tertiary/aromatic N) is 2. The Morgan fingerprint density at radius 2 is 2.00 bits per heavy atom. The quantitative estimate of drug-likeness (QED) is 0.917. The summed E-state index contributed by atoms with van der Waals surface area (Å²) in [5.41, 5.74) is 6.89. The third kappa shape index (κ3) is 3.13. The Bertz CT molecular complexity index is 536. The zero-order chi connectivity index (χ0) is 13.8. The summed E-state index contributed by atoms with van der Waals surface area (Å²) in [6, 6.07) is 3.34. The molecule has 0 fully saturated rings. The van der Waals surface area contributed by atoms with Gasteiger partial charge in [-0.1, -0.05) is 23.9 Å². The molecule has 0 aliphatic carbocycles. The molecule has 0 amide bonds. The van der Waals surface area contributed by atoms with Crippen molar-refractivity contribution in [2.24, 2.45) is 5.73 Å². The predicted octanol–water partition coefficient (Wildman–Crippen LogP) is 3.01. The Labute approximate surface area is 114 Å². The van der Waals surface area contributed by atoms with Crippen LogP contribution in [0.25, 0.3) is 0 Å². The van der Waals surface area contributed by atoms with Gasteiger partial charge in [0.05, 0.1) is 10.6 Å². The van der Waals surface area contributed by atoms with Gasteiger partial charge >= 0.3 is 0 Å². The Hall–Kier alpha value is -1.40. The minimum atomic E-state index is -0.565. The van der Waals surface area contributed by atoms with Gasteiger partial charge in [-0.3, -0.25) is 0 Å². The van der Waals surface area contributed by atoms with Gasteiger partial charge < -0.3 is 5.73 Å². The third-order valence-electron chi connectivity index (χ3n) is 2.89. The Balaban J connectivity index is 2.21. The first-order valence-electron chi connectivity index (χ1n) is 6.13. The highest BCUT2D eigenvalue weighted by Gasteiger charge is 2.19. The number of hydrogen-bond acceptors (Lipinski definition) is 4. The van der Waals surface area contributed by atoms with Crippen molar-refractivity contribution in [1.29, 1.82) is 0 Å². The Morgan fingerprint density at radius 1 is 1.32 bits per heavy atom. The van der Waals surface area contributed by atoms with Gasteiger partial charge in [-0.15, -0.1) is 5.10 Å². The van der Waals surface area contributed by atoms with Crippen LogP contribution >= 0.6 is 11.5 Å². The predicted molar refractivity (Wildman–Crippen MR) is 70.9 cm³/mol. The van der Waals surface area contributed by atoms with Gasteiger partial charge in [0.2, 0.25) is 0 Å². The SMILES string of the molecule is CCCc1nnsc1C(N)Cc1c(F)cccc1F. The van der Waals surface area contributed by atoms with Crippen LogP contribution in [0.2, 0.25) is 0 Å². The molecule has 1 aromatic carbocycles. The first-order chi connectivity index (χ1) is 9.13. The van der Waals surface area contributed by atoms with Gasteiger partial charge in [0.1, 0.15) is 11.6 Å². The Kier molecular flexibility index (Phi) is 4.55. The van der Waals surface area contributed by atoms with Crippen LogP contribution in [-0.2, 0) is 12.8 Å². The summed E-state index contributed by atoms with van der Waals surface area (Å²) in [4.78, 5) is 0.810. The zero-order valence-electron chi connectivity index (χ0n) is 10.6. The second-order valence-electron chi connectivity index (χ2n) is 4.34. The monoisotopic (exact) mass is 283 g/mol. The lowest BCUT2D eigenvalue weighted by Gasteiger charge is -2.12. The van der Waals surface area contributed by atoms with E-state index in [0.717, 1.165) is 23.4 Å². The highest BCUT2D eigenvalue weighted by Crippen LogP contribution is 2.25. The second kappa shape index (κ2) is 6.16. The molecule has 6 heteroatoms. The van der Waals surface area contributed by atoms with Crippen LogP contribution in [0.4, 0.5) is 8.78 Å². The fourth-order valence-electron chi connectivity index (χ4n) is 1.95. The normalized spacial score (nSPS) is 12.6. The molecule has 0 radical (unpaired) electrons. The van der Waals surface area contributed by atoms with Crippen molar-refractivity contribution in [3.63, 3.8) is 0 Å². The molecular formula is C13H15F2N3S. The summed E-state index contributed by atoms with van der Waals surface area (Å²) >= 11 is 1.20.